The van der Waals surface area contributed by atoms with Crippen LogP contribution in [0.15, 0.2) is 95.0 Å². The lowest BCUT2D eigenvalue weighted by Gasteiger charge is -2.30. The molecule has 0 bridgehead atoms. The molecule has 0 unspecified atom stereocenters. The summed E-state index contributed by atoms with van der Waals surface area (Å²) in [6.45, 7) is 0.559. The number of para-hydroxylation sites is 2. The van der Waals surface area contributed by atoms with Crippen LogP contribution in [0.2, 0.25) is 0 Å². The van der Waals surface area contributed by atoms with Gasteiger partial charge >= 0.3 is 0 Å². The zero-order chi connectivity index (χ0) is 22.8. The van der Waals surface area contributed by atoms with Crippen LogP contribution in [0.3, 0.4) is 0 Å². The Hall–Kier alpha value is -3.14. The van der Waals surface area contributed by atoms with Crippen molar-refractivity contribution in [3.8, 4) is 0 Å². The fourth-order valence-corrected chi connectivity index (χ4v) is 6.39. The predicted octanol–water partition coefficient (Wildman–Crippen LogP) is 3.89. The fourth-order valence-electron chi connectivity index (χ4n) is 4.03. The molecule has 1 saturated heterocycles. The van der Waals surface area contributed by atoms with E-state index in [0.29, 0.717) is 11.7 Å². The molecule has 1 aliphatic rings. The number of rotatable bonds is 6. The largest absolute Gasteiger partial charge is 0.333 e. The molecule has 4 aromatic rings. The van der Waals surface area contributed by atoms with Gasteiger partial charge in [0, 0.05) is 13.1 Å². The first-order valence-corrected chi connectivity index (χ1v) is 13.0. The highest BCUT2D eigenvalue weighted by molar-refractivity contribution is 7.99. The minimum Gasteiger partial charge on any atom is -0.333 e. The van der Waals surface area contributed by atoms with Crippen molar-refractivity contribution in [1.29, 1.82) is 0 Å². The molecule has 2 heterocycles. The summed E-state index contributed by atoms with van der Waals surface area (Å²) in [7, 11) is -3.77. The number of amides is 1. The monoisotopic (exact) mass is 478 g/mol. The van der Waals surface area contributed by atoms with Gasteiger partial charge in [-0.2, -0.15) is 4.31 Å². The van der Waals surface area contributed by atoms with E-state index >= 15 is 0 Å². The van der Waals surface area contributed by atoms with E-state index < -0.39 is 16.2 Å². The lowest BCUT2D eigenvalue weighted by molar-refractivity contribution is -0.130. The number of hydrogen-bond acceptors (Lipinski definition) is 5. The number of nitrogens with one attached hydrogen (secondary N) is 1. The third kappa shape index (κ3) is 4.27. The summed E-state index contributed by atoms with van der Waals surface area (Å²) >= 11 is 1.32. The average Bonchev–Trinajstić information content (AvgIpc) is 3.48. The van der Waals surface area contributed by atoms with Gasteiger partial charge in [0.1, 0.15) is 6.17 Å². The number of hydrogen-bond donors (Lipinski definition) is 1. The smallest absolute Gasteiger partial charge is 0.245 e. The van der Waals surface area contributed by atoms with E-state index in [9.17, 15) is 13.2 Å². The molecule has 1 amide bonds. The number of aromatic amines is 1. The molecule has 1 fully saturated rings. The third-order valence-corrected chi connectivity index (χ3v) is 8.32. The van der Waals surface area contributed by atoms with Crippen molar-refractivity contribution in [3.63, 3.8) is 0 Å². The average molecular weight is 479 g/mol. The standard InChI is InChI=1S/C24H22N4O3S2/c29-22(17-32-24-25-20-13-7-8-14-21(20)26-24)27-15-16-28(23(27)18-9-3-1-4-10-18)33(30,31)19-11-5-2-6-12-19/h1-14,23H,15-17H2,(H,25,26)/t23-/m0/s1. The highest BCUT2D eigenvalue weighted by Gasteiger charge is 2.43. The van der Waals surface area contributed by atoms with Gasteiger partial charge in [-0.25, -0.2) is 13.4 Å². The van der Waals surface area contributed by atoms with Crippen molar-refractivity contribution in [2.75, 3.05) is 18.8 Å². The maximum Gasteiger partial charge on any atom is 0.245 e. The number of benzene rings is 3. The lowest BCUT2D eigenvalue weighted by Crippen LogP contribution is -2.38. The number of H-pyrrole nitrogens is 1. The second kappa shape index (κ2) is 9.01. The number of imidazole rings is 1. The van der Waals surface area contributed by atoms with Gasteiger partial charge in [0.25, 0.3) is 0 Å². The van der Waals surface area contributed by atoms with E-state index in [2.05, 4.69) is 9.97 Å². The second-order valence-corrected chi connectivity index (χ2v) is 10.5. The first-order chi connectivity index (χ1) is 16.0. The predicted molar refractivity (Wildman–Crippen MR) is 128 cm³/mol. The van der Waals surface area contributed by atoms with Crippen molar-refractivity contribution >= 4 is 38.7 Å². The zero-order valence-electron chi connectivity index (χ0n) is 17.7. The number of carbonyl (C=O) groups is 1. The first-order valence-electron chi connectivity index (χ1n) is 10.5. The van der Waals surface area contributed by atoms with Crippen LogP contribution in [0.5, 0.6) is 0 Å². The van der Waals surface area contributed by atoms with Crippen LogP contribution in [-0.2, 0) is 14.8 Å². The van der Waals surface area contributed by atoms with Gasteiger partial charge < -0.3 is 9.88 Å². The van der Waals surface area contributed by atoms with Gasteiger partial charge in [-0.15, -0.1) is 0 Å². The summed E-state index contributed by atoms with van der Waals surface area (Å²) in [6, 6.07) is 25.3. The molecule has 1 atom stereocenters. The third-order valence-electron chi connectivity index (χ3n) is 5.60. The second-order valence-electron chi connectivity index (χ2n) is 7.65. The normalized spacial score (nSPS) is 17.0. The summed E-state index contributed by atoms with van der Waals surface area (Å²) in [5.74, 6) is 0.0163. The van der Waals surface area contributed by atoms with E-state index in [1.807, 2.05) is 54.6 Å². The van der Waals surface area contributed by atoms with Crippen LogP contribution in [0.4, 0.5) is 0 Å². The number of thioether (sulfide) groups is 1. The molecule has 33 heavy (non-hydrogen) atoms. The Labute approximate surface area is 196 Å². The topological polar surface area (TPSA) is 86.4 Å². The van der Waals surface area contributed by atoms with E-state index in [1.54, 1.807) is 35.2 Å². The molecular formula is C24H22N4O3S2. The molecule has 0 radical (unpaired) electrons. The molecule has 1 aromatic heterocycles. The molecule has 0 spiro atoms. The molecular weight excluding hydrogens is 456 g/mol. The number of carbonyl (C=O) groups excluding carboxylic acids is 1. The summed E-state index contributed by atoms with van der Waals surface area (Å²) in [5, 5.41) is 0.661. The van der Waals surface area contributed by atoms with Crippen LogP contribution in [-0.4, -0.2) is 52.3 Å². The highest BCUT2D eigenvalue weighted by atomic mass is 32.2. The molecule has 1 aliphatic heterocycles. The van der Waals surface area contributed by atoms with Gasteiger partial charge in [0.05, 0.1) is 21.7 Å². The maximum atomic E-state index is 13.4. The van der Waals surface area contributed by atoms with Crippen LogP contribution in [0.25, 0.3) is 11.0 Å². The van der Waals surface area contributed by atoms with Crippen molar-refractivity contribution in [1.82, 2.24) is 19.2 Å². The van der Waals surface area contributed by atoms with Crippen molar-refractivity contribution < 1.29 is 13.2 Å². The van der Waals surface area contributed by atoms with Crippen LogP contribution in [0, 0.1) is 0 Å². The van der Waals surface area contributed by atoms with Gasteiger partial charge in [0.15, 0.2) is 5.16 Å². The Kier molecular flexibility index (Phi) is 5.92. The summed E-state index contributed by atoms with van der Waals surface area (Å²) < 4.78 is 28.3. The Morgan fingerprint density at radius 2 is 1.61 bits per heavy atom. The molecule has 1 N–H and O–H groups in total. The minimum atomic E-state index is -3.77. The lowest BCUT2D eigenvalue weighted by atomic mass is 10.1. The molecule has 5 rings (SSSR count). The molecule has 0 aliphatic carbocycles. The van der Waals surface area contributed by atoms with Gasteiger partial charge in [0.2, 0.25) is 15.9 Å². The molecule has 3 aromatic carbocycles. The summed E-state index contributed by atoms with van der Waals surface area (Å²) in [4.78, 5) is 22.9. The van der Waals surface area contributed by atoms with E-state index in [1.165, 1.54) is 16.1 Å². The summed E-state index contributed by atoms with van der Waals surface area (Å²) in [6.07, 6.45) is -0.694. The Morgan fingerprint density at radius 3 is 2.33 bits per heavy atom. The van der Waals surface area contributed by atoms with Gasteiger partial charge in [-0.1, -0.05) is 72.4 Å². The highest BCUT2D eigenvalue weighted by Crippen LogP contribution is 2.35. The Morgan fingerprint density at radius 1 is 0.939 bits per heavy atom. The maximum absolute atomic E-state index is 13.4. The van der Waals surface area contributed by atoms with Gasteiger partial charge in [-0.3, -0.25) is 4.79 Å². The van der Waals surface area contributed by atoms with Crippen LogP contribution >= 0.6 is 11.8 Å². The fraction of sp³-hybridized carbons (Fsp3) is 0.167. The number of nitrogens with zero attached hydrogens (tertiary/aromatic N) is 3. The van der Waals surface area contributed by atoms with Crippen molar-refractivity contribution in [2.45, 2.75) is 16.2 Å². The minimum absolute atomic E-state index is 0.139. The first kappa shape index (κ1) is 21.7. The van der Waals surface area contributed by atoms with Crippen molar-refractivity contribution in [2.24, 2.45) is 0 Å². The number of aromatic nitrogens is 2. The van der Waals surface area contributed by atoms with Crippen molar-refractivity contribution in [3.05, 3.63) is 90.5 Å². The van der Waals surface area contributed by atoms with Crippen LogP contribution in [0.1, 0.15) is 11.7 Å². The quantitative estimate of drug-likeness (QED) is 0.425. The van der Waals surface area contributed by atoms with Gasteiger partial charge in [-0.05, 0) is 29.8 Å². The Balaban J connectivity index is 1.40. The number of sulfonamides is 1. The van der Waals surface area contributed by atoms with E-state index in [0.717, 1.165) is 16.6 Å². The molecule has 168 valence electrons. The zero-order valence-corrected chi connectivity index (χ0v) is 19.3. The summed E-state index contributed by atoms with van der Waals surface area (Å²) in [5.41, 5.74) is 2.52. The van der Waals surface area contributed by atoms with E-state index in [4.69, 9.17) is 0 Å². The Bertz CT molecular complexity index is 1340. The molecule has 0 saturated carbocycles. The molecule has 9 heteroatoms. The van der Waals surface area contributed by atoms with Crippen LogP contribution < -0.4 is 0 Å². The number of fused-ring (bicyclic) bond motifs is 1. The SMILES string of the molecule is O=C(CSc1nc2ccccc2[nH]1)N1CCN(S(=O)(=O)c2ccccc2)[C@H]1c1ccccc1. The molecule has 7 nitrogen and oxygen atoms in total. The van der Waals surface area contributed by atoms with E-state index in [-0.39, 0.29) is 23.1 Å².